The predicted octanol–water partition coefficient (Wildman–Crippen LogP) is 5.65. The fourth-order valence-corrected chi connectivity index (χ4v) is 3.57. The van der Waals surface area contributed by atoms with Gasteiger partial charge in [0.05, 0.1) is 20.6 Å². The van der Waals surface area contributed by atoms with Gasteiger partial charge in [-0.3, -0.25) is 4.52 Å². The van der Waals surface area contributed by atoms with Gasteiger partial charge in [-0.2, -0.15) is 0 Å². The van der Waals surface area contributed by atoms with Crippen LogP contribution in [0.3, 0.4) is 0 Å². The summed E-state index contributed by atoms with van der Waals surface area (Å²) in [6, 6.07) is 0. The Balaban J connectivity index is 3.33. The molecule has 5 nitrogen and oxygen atoms in total. The van der Waals surface area contributed by atoms with E-state index in [0.29, 0.717) is 6.54 Å². The van der Waals surface area contributed by atoms with Crippen LogP contribution < -0.4 is 0 Å². The Morgan fingerprint density at radius 1 is 0.692 bits per heavy atom. The molecule has 0 aliphatic rings. The average Bonchev–Trinajstić information content (AvgIpc) is 2.53. The lowest BCUT2D eigenvalue weighted by molar-refractivity contribution is -0.890. The third kappa shape index (κ3) is 20.4. The number of hydrogen-bond acceptors (Lipinski definition) is 2. The molecule has 0 saturated carbocycles. The third-order valence-corrected chi connectivity index (χ3v) is 5.59. The van der Waals surface area contributed by atoms with E-state index in [1.165, 1.54) is 89.9 Å². The first-order chi connectivity index (χ1) is 12.3. The minimum absolute atomic E-state index is 0.107. The highest BCUT2D eigenvalue weighted by atomic mass is 31.2. The molecule has 0 unspecified atom stereocenters. The lowest BCUT2D eigenvalue weighted by Crippen LogP contribution is -2.42. The SMILES string of the molecule is CCCCCCCCCCCCCCCC[N+](C)(C)CCOP(=O)(O)O. The van der Waals surface area contributed by atoms with E-state index in [0.717, 1.165) is 11.0 Å². The molecule has 2 N–H and O–H groups in total. The van der Waals surface area contributed by atoms with Crippen LogP contribution in [0.1, 0.15) is 96.8 Å². The summed E-state index contributed by atoms with van der Waals surface area (Å²) in [6.07, 6.45) is 19.0. The zero-order chi connectivity index (χ0) is 19.7. The largest absolute Gasteiger partial charge is 0.469 e. The Morgan fingerprint density at radius 3 is 1.46 bits per heavy atom. The first-order valence-corrected chi connectivity index (χ1v) is 12.3. The minimum Gasteiger partial charge on any atom is -0.327 e. The van der Waals surface area contributed by atoms with Crippen molar-refractivity contribution in [1.29, 1.82) is 0 Å². The molecule has 0 saturated heterocycles. The summed E-state index contributed by atoms with van der Waals surface area (Å²) < 4.78 is 16.0. The molecule has 158 valence electrons. The molecule has 0 radical (unpaired) electrons. The second-order valence-electron chi connectivity index (χ2n) is 8.30. The minimum atomic E-state index is -4.32. The van der Waals surface area contributed by atoms with Gasteiger partial charge in [0.15, 0.2) is 0 Å². The van der Waals surface area contributed by atoms with Crippen LogP contribution >= 0.6 is 7.82 Å². The van der Waals surface area contributed by atoms with Crippen molar-refractivity contribution in [3.63, 3.8) is 0 Å². The summed E-state index contributed by atoms with van der Waals surface area (Å²) in [5.41, 5.74) is 0. The van der Waals surface area contributed by atoms with Gasteiger partial charge in [0.1, 0.15) is 13.2 Å². The smallest absolute Gasteiger partial charge is 0.327 e. The van der Waals surface area contributed by atoms with Crippen molar-refractivity contribution in [1.82, 2.24) is 0 Å². The Kier molecular flexibility index (Phi) is 16.1. The van der Waals surface area contributed by atoms with E-state index in [2.05, 4.69) is 25.5 Å². The first kappa shape index (κ1) is 26.1. The van der Waals surface area contributed by atoms with Gasteiger partial charge < -0.3 is 14.3 Å². The van der Waals surface area contributed by atoms with E-state index in [1.54, 1.807) is 0 Å². The fraction of sp³-hybridized carbons (Fsp3) is 1.00. The van der Waals surface area contributed by atoms with Crippen LogP contribution in [0.2, 0.25) is 0 Å². The van der Waals surface area contributed by atoms with Crippen molar-refractivity contribution in [3.05, 3.63) is 0 Å². The molecule has 0 amide bonds. The fourth-order valence-electron chi connectivity index (χ4n) is 3.25. The summed E-state index contributed by atoms with van der Waals surface area (Å²) in [5, 5.41) is 0. The molecule has 0 atom stereocenters. The highest BCUT2D eigenvalue weighted by Gasteiger charge is 2.19. The van der Waals surface area contributed by atoms with Crippen LogP contribution in [0, 0.1) is 0 Å². The van der Waals surface area contributed by atoms with E-state index in [9.17, 15) is 4.57 Å². The summed E-state index contributed by atoms with van der Waals surface area (Å²) >= 11 is 0. The Labute approximate surface area is 162 Å². The van der Waals surface area contributed by atoms with Gasteiger partial charge in [-0.05, 0) is 12.8 Å². The summed E-state index contributed by atoms with van der Waals surface area (Å²) in [4.78, 5) is 17.4. The average molecular weight is 395 g/mol. The number of rotatable bonds is 19. The zero-order valence-corrected chi connectivity index (χ0v) is 18.5. The van der Waals surface area contributed by atoms with Gasteiger partial charge in [0.2, 0.25) is 0 Å². The third-order valence-electron chi connectivity index (χ3n) is 5.07. The molecular weight excluding hydrogens is 349 g/mol. The van der Waals surface area contributed by atoms with Gasteiger partial charge in [0, 0.05) is 0 Å². The number of phosphoric ester groups is 1. The Bertz CT molecular complexity index is 358. The van der Waals surface area contributed by atoms with Crippen molar-refractivity contribution in [3.8, 4) is 0 Å². The number of phosphoric acid groups is 1. The van der Waals surface area contributed by atoms with Gasteiger partial charge in [-0.25, -0.2) is 4.57 Å². The molecule has 26 heavy (non-hydrogen) atoms. The second kappa shape index (κ2) is 16.1. The number of likely N-dealkylation sites (N-methyl/N-ethyl adjacent to an activating group) is 1. The molecule has 0 aromatic rings. The number of unbranched alkanes of at least 4 members (excludes halogenated alkanes) is 13. The molecule has 0 spiro atoms. The molecule has 0 rings (SSSR count). The number of nitrogens with zero attached hydrogens (tertiary/aromatic N) is 1. The standard InChI is InChI=1S/C20H44NO4P/c1-4-5-6-7-8-9-10-11-12-13-14-15-16-17-18-21(2,3)19-20-25-26(22,23)24/h4-20H2,1-3H3,(H-,22,23,24)/p+1. The van der Waals surface area contributed by atoms with Crippen molar-refractivity contribution in [2.45, 2.75) is 96.8 Å². The van der Waals surface area contributed by atoms with Gasteiger partial charge in [0.25, 0.3) is 0 Å². The lowest BCUT2D eigenvalue weighted by Gasteiger charge is -2.29. The normalized spacial score (nSPS) is 12.7. The number of quaternary nitrogens is 1. The van der Waals surface area contributed by atoms with Gasteiger partial charge in [-0.1, -0.05) is 84.0 Å². The van der Waals surface area contributed by atoms with E-state index in [1.807, 2.05) is 0 Å². The summed E-state index contributed by atoms with van der Waals surface area (Å²) in [6.45, 7) is 4.03. The molecule has 0 aromatic carbocycles. The molecule has 0 aliphatic carbocycles. The van der Waals surface area contributed by atoms with Crippen molar-refractivity contribution >= 4 is 7.82 Å². The van der Waals surface area contributed by atoms with E-state index in [4.69, 9.17) is 9.79 Å². The van der Waals surface area contributed by atoms with Crippen molar-refractivity contribution in [2.24, 2.45) is 0 Å². The molecule has 0 heterocycles. The molecule has 0 bridgehead atoms. The van der Waals surface area contributed by atoms with Crippen LogP contribution in [-0.4, -0.2) is 48.1 Å². The maximum atomic E-state index is 10.7. The summed E-state index contributed by atoms with van der Waals surface area (Å²) in [5.74, 6) is 0. The predicted molar refractivity (Wildman–Crippen MR) is 110 cm³/mol. The topological polar surface area (TPSA) is 66.8 Å². The maximum absolute atomic E-state index is 10.7. The van der Waals surface area contributed by atoms with Crippen LogP contribution in [0.5, 0.6) is 0 Å². The molecule has 0 aromatic heterocycles. The lowest BCUT2D eigenvalue weighted by atomic mass is 10.0. The quantitative estimate of drug-likeness (QED) is 0.169. The highest BCUT2D eigenvalue weighted by molar-refractivity contribution is 7.46. The molecule has 0 fully saturated rings. The van der Waals surface area contributed by atoms with Gasteiger partial charge in [-0.15, -0.1) is 0 Å². The van der Waals surface area contributed by atoms with E-state index < -0.39 is 7.82 Å². The van der Waals surface area contributed by atoms with Crippen LogP contribution in [0.15, 0.2) is 0 Å². The van der Waals surface area contributed by atoms with E-state index in [-0.39, 0.29) is 6.61 Å². The zero-order valence-electron chi connectivity index (χ0n) is 17.6. The van der Waals surface area contributed by atoms with Crippen molar-refractivity contribution in [2.75, 3.05) is 33.8 Å². The molecule has 0 aliphatic heterocycles. The Hall–Kier alpha value is 0.0700. The van der Waals surface area contributed by atoms with Crippen molar-refractivity contribution < 1.29 is 23.4 Å². The number of hydrogen-bond donors (Lipinski definition) is 2. The maximum Gasteiger partial charge on any atom is 0.469 e. The Morgan fingerprint density at radius 2 is 1.08 bits per heavy atom. The first-order valence-electron chi connectivity index (χ1n) is 10.8. The highest BCUT2D eigenvalue weighted by Crippen LogP contribution is 2.35. The van der Waals surface area contributed by atoms with Gasteiger partial charge >= 0.3 is 7.82 Å². The van der Waals surface area contributed by atoms with E-state index >= 15 is 0 Å². The summed E-state index contributed by atoms with van der Waals surface area (Å²) in [7, 11) is -0.146. The molecular formula is C20H45NO4P+. The second-order valence-corrected chi connectivity index (χ2v) is 9.54. The molecule has 6 heteroatoms. The van der Waals surface area contributed by atoms with Crippen LogP contribution in [0.25, 0.3) is 0 Å². The van der Waals surface area contributed by atoms with Crippen LogP contribution in [-0.2, 0) is 9.09 Å². The monoisotopic (exact) mass is 394 g/mol. The van der Waals surface area contributed by atoms with Crippen LogP contribution in [0.4, 0.5) is 0 Å².